The predicted octanol–water partition coefficient (Wildman–Crippen LogP) is 6.33. The van der Waals surface area contributed by atoms with Crippen LogP contribution in [0.15, 0.2) is 54.3 Å². The van der Waals surface area contributed by atoms with Crippen molar-refractivity contribution in [1.82, 2.24) is 0 Å². The highest BCUT2D eigenvalue weighted by Gasteiger charge is 2.32. The van der Waals surface area contributed by atoms with Gasteiger partial charge in [-0.2, -0.15) is 0 Å². The summed E-state index contributed by atoms with van der Waals surface area (Å²) in [4.78, 5) is 0. The molecule has 0 aliphatic heterocycles. The van der Waals surface area contributed by atoms with Gasteiger partial charge in [0.15, 0.2) is 0 Å². The highest BCUT2D eigenvalue weighted by molar-refractivity contribution is 9.11. The number of hydrogen-bond acceptors (Lipinski definition) is 3. The third-order valence-corrected chi connectivity index (χ3v) is 5.89. The highest BCUT2D eigenvalue weighted by atomic mass is 79.9. The van der Waals surface area contributed by atoms with Gasteiger partial charge in [0.25, 0.3) is 0 Å². The van der Waals surface area contributed by atoms with E-state index in [4.69, 9.17) is 9.47 Å². The van der Waals surface area contributed by atoms with Crippen molar-refractivity contribution in [3.05, 3.63) is 54.3 Å². The first-order valence-electron chi connectivity index (χ1n) is 7.10. The first-order chi connectivity index (χ1) is 11.2. The van der Waals surface area contributed by atoms with E-state index in [0.717, 1.165) is 17.9 Å². The number of aliphatic hydroxyl groups is 1. The molecule has 7 heteroatoms. The summed E-state index contributed by atoms with van der Waals surface area (Å²) in [5.74, 6) is 1.29. The molecule has 0 aliphatic rings. The SMILES string of the molecule is CC(C)(Oc1c(Br)cccc1Br)C(O)COc1c(Br)cccc1Br. The summed E-state index contributed by atoms with van der Waals surface area (Å²) in [6.45, 7) is 3.74. The minimum atomic E-state index is -0.847. The van der Waals surface area contributed by atoms with Crippen LogP contribution in [0.1, 0.15) is 13.8 Å². The Hall–Kier alpha value is -0.0800. The lowest BCUT2D eigenvalue weighted by molar-refractivity contribution is -0.0501. The zero-order chi connectivity index (χ0) is 17.9. The molecule has 2 aromatic rings. The van der Waals surface area contributed by atoms with Crippen LogP contribution < -0.4 is 9.47 Å². The van der Waals surface area contributed by atoms with Crippen LogP contribution in [0.3, 0.4) is 0 Å². The normalized spacial score (nSPS) is 12.8. The number of ether oxygens (including phenoxy) is 2. The number of benzene rings is 2. The molecule has 0 aliphatic carbocycles. The quantitative estimate of drug-likeness (QED) is 0.429. The molecule has 0 aromatic heterocycles. The summed E-state index contributed by atoms with van der Waals surface area (Å²) in [7, 11) is 0. The van der Waals surface area contributed by atoms with Crippen LogP contribution >= 0.6 is 63.7 Å². The predicted molar refractivity (Wildman–Crippen MR) is 110 cm³/mol. The van der Waals surface area contributed by atoms with Crippen molar-refractivity contribution in [2.24, 2.45) is 0 Å². The Morgan fingerprint density at radius 3 is 1.75 bits per heavy atom. The van der Waals surface area contributed by atoms with Gasteiger partial charge < -0.3 is 14.6 Å². The number of para-hydroxylation sites is 2. The molecule has 2 aromatic carbocycles. The number of hydrogen-bond donors (Lipinski definition) is 1. The van der Waals surface area contributed by atoms with E-state index in [1.54, 1.807) is 0 Å². The topological polar surface area (TPSA) is 38.7 Å². The van der Waals surface area contributed by atoms with E-state index in [-0.39, 0.29) is 6.61 Å². The van der Waals surface area contributed by atoms with Crippen molar-refractivity contribution < 1.29 is 14.6 Å². The van der Waals surface area contributed by atoms with Gasteiger partial charge in [0.1, 0.15) is 29.8 Å². The van der Waals surface area contributed by atoms with Crippen LogP contribution in [0.5, 0.6) is 11.5 Å². The van der Waals surface area contributed by atoms with Gasteiger partial charge in [-0.3, -0.25) is 0 Å². The second-order valence-corrected chi connectivity index (χ2v) is 9.05. The highest BCUT2D eigenvalue weighted by Crippen LogP contribution is 2.37. The van der Waals surface area contributed by atoms with E-state index < -0.39 is 11.7 Å². The van der Waals surface area contributed by atoms with Crippen LogP contribution in [0, 0.1) is 0 Å². The molecule has 130 valence electrons. The molecule has 2 rings (SSSR count). The minimum absolute atomic E-state index is 0.0935. The smallest absolute Gasteiger partial charge is 0.148 e. The molecule has 0 spiro atoms. The van der Waals surface area contributed by atoms with E-state index >= 15 is 0 Å². The Morgan fingerprint density at radius 2 is 1.29 bits per heavy atom. The van der Waals surface area contributed by atoms with E-state index in [1.165, 1.54) is 0 Å². The Balaban J connectivity index is 2.09. The molecule has 1 unspecified atom stereocenters. The van der Waals surface area contributed by atoms with Crippen LogP contribution in [-0.4, -0.2) is 23.4 Å². The van der Waals surface area contributed by atoms with Crippen LogP contribution in [0.25, 0.3) is 0 Å². The van der Waals surface area contributed by atoms with Crippen LogP contribution in [0.2, 0.25) is 0 Å². The van der Waals surface area contributed by atoms with Gasteiger partial charge in [-0.25, -0.2) is 0 Å². The van der Waals surface area contributed by atoms with Gasteiger partial charge in [0.05, 0.1) is 17.9 Å². The molecular formula is C17H16Br4O3. The van der Waals surface area contributed by atoms with Crippen molar-refractivity contribution in [3.8, 4) is 11.5 Å². The lowest BCUT2D eigenvalue weighted by atomic mass is 10.0. The second-order valence-electron chi connectivity index (χ2n) is 5.63. The molecule has 1 atom stereocenters. The van der Waals surface area contributed by atoms with Crippen molar-refractivity contribution in [2.75, 3.05) is 6.61 Å². The fourth-order valence-electron chi connectivity index (χ4n) is 1.89. The van der Waals surface area contributed by atoms with E-state index in [2.05, 4.69) is 63.7 Å². The molecule has 3 nitrogen and oxygen atoms in total. The molecule has 0 radical (unpaired) electrons. The van der Waals surface area contributed by atoms with Crippen molar-refractivity contribution in [2.45, 2.75) is 25.6 Å². The molecular weight excluding hydrogens is 572 g/mol. The first kappa shape index (κ1) is 20.2. The third kappa shape index (κ3) is 4.97. The number of rotatable bonds is 6. The lowest BCUT2D eigenvalue weighted by Gasteiger charge is -2.32. The Bertz CT molecular complexity index is 678. The molecule has 0 amide bonds. The van der Waals surface area contributed by atoms with Crippen LogP contribution in [0.4, 0.5) is 0 Å². The zero-order valence-corrected chi connectivity index (χ0v) is 19.4. The average molecular weight is 588 g/mol. The maximum Gasteiger partial charge on any atom is 0.148 e. The molecule has 0 saturated carbocycles. The van der Waals surface area contributed by atoms with Crippen LogP contribution in [-0.2, 0) is 0 Å². The summed E-state index contributed by atoms with van der Waals surface area (Å²) in [5, 5.41) is 10.6. The van der Waals surface area contributed by atoms with Gasteiger partial charge in [-0.05, 0) is 102 Å². The summed E-state index contributed by atoms with van der Waals surface area (Å²) in [6, 6.07) is 11.3. The van der Waals surface area contributed by atoms with Gasteiger partial charge in [-0.1, -0.05) is 12.1 Å². The Labute approximate surface area is 175 Å². The van der Waals surface area contributed by atoms with Crippen molar-refractivity contribution in [1.29, 1.82) is 0 Å². The van der Waals surface area contributed by atoms with Gasteiger partial charge in [-0.15, -0.1) is 0 Å². The molecule has 0 bridgehead atoms. The van der Waals surface area contributed by atoms with Gasteiger partial charge >= 0.3 is 0 Å². The minimum Gasteiger partial charge on any atom is -0.488 e. The first-order valence-corrected chi connectivity index (χ1v) is 10.3. The molecule has 0 fully saturated rings. The monoisotopic (exact) mass is 584 g/mol. The fourth-order valence-corrected chi connectivity index (χ4v) is 4.28. The van der Waals surface area contributed by atoms with Crippen molar-refractivity contribution in [3.63, 3.8) is 0 Å². The molecule has 24 heavy (non-hydrogen) atoms. The summed E-state index contributed by atoms with van der Waals surface area (Å²) in [6.07, 6.45) is -0.837. The van der Waals surface area contributed by atoms with E-state index in [0.29, 0.717) is 11.5 Å². The molecule has 1 N–H and O–H groups in total. The fraction of sp³-hybridized carbons (Fsp3) is 0.294. The number of aliphatic hydroxyl groups excluding tert-OH is 1. The van der Waals surface area contributed by atoms with Crippen molar-refractivity contribution >= 4 is 63.7 Å². The maximum absolute atomic E-state index is 10.6. The molecule has 0 heterocycles. The summed E-state index contributed by atoms with van der Waals surface area (Å²) in [5.41, 5.74) is -0.847. The zero-order valence-electron chi connectivity index (χ0n) is 13.0. The van der Waals surface area contributed by atoms with Gasteiger partial charge in [0.2, 0.25) is 0 Å². The molecule has 0 saturated heterocycles. The second kappa shape index (κ2) is 8.54. The third-order valence-electron chi connectivity index (χ3n) is 3.39. The average Bonchev–Trinajstić information content (AvgIpc) is 2.50. The summed E-state index contributed by atoms with van der Waals surface area (Å²) >= 11 is 13.8. The Kier molecular flexibility index (Phi) is 7.20. The Morgan fingerprint density at radius 1 is 0.875 bits per heavy atom. The van der Waals surface area contributed by atoms with E-state index in [9.17, 15) is 5.11 Å². The summed E-state index contributed by atoms with van der Waals surface area (Å²) < 4.78 is 15.0. The largest absolute Gasteiger partial charge is 0.488 e. The van der Waals surface area contributed by atoms with Gasteiger partial charge in [0, 0.05) is 0 Å². The maximum atomic E-state index is 10.6. The number of halogens is 4. The van der Waals surface area contributed by atoms with E-state index in [1.807, 2.05) is 50.2 Å². The lowest BCUT2D eigenvalue weighted by Crippen LogP contribution is -2.45. The standard InChI is InChI=1S/C17H16Br4O3/c1-17(2,24-16-12(20)7-4-8-13(16)21)14(22)9-23-15-10(18)5-3-6-11(15)19/h3-8,14,22H,9H2,1-2H3.